The number of carbonyl (C=O) groups excluding carboxylic acids is 1. The molecule has 1 rings (SSSR count). The Bertz CT molecular complexity index is 491. The summed E-state index contributed by atoms with van der Waals surface area (Å²) in [5.41, 5.74) is -0.174. The van der Waals surface area contributed by atoms with Gasteiger partial charge in [0.2, 0.25) is 0 Å². The first-order chi connectivity index (χ1) is 9.45. The first-order valence-corrected chi connectivity index (χ1v) is 6.50. The Balaban J connectivity index is 2.72. The van der Waals surface area contributed by atoms with Crippen LogP contribution < -0.4 is 5.32 Å². The molecule has 0 fully saturated rings. The number of benzene rings is 1. The van der Waals surface area contributed by atoms with Crippen LogP contribution in [-0.2, 0) is 0 Å². The number of urea groups is 1. The van der Waals surface area contributed by atoms with Crippen molar-refractivity contribution in [1.82, 2.24) is 4.90 Å². The molecule has 0 bridgehead atoms. The molecule has 110 valence electrons. The number of hydrogen-bond acceptors (Lipinski definition) is 2. The first-order valence-electron chi connectivity index (χ1n) is 6.50. The van der Waals surface area contributed by atoms with Crippen LogP contribution in [0.15, 0.2) is 18.2 Å². The predicted octanol–water partition coefficient (Wildman–Crippen LogP) is 3.18. The third kappa shape index (κ3) is 4.53. The maximum Gasteiger partial charge on any atom is 0.337 e. The maximum atomic E-state index is 13.0. The summed E-state index contributed by atoms with van der Waals surface area (Å²) in [7, 11) is 1.63. The van der Waals surface area contributed by atoms with E-state index < -0.39 is 17.8 Å². The standard InChI is InChI=1S/C14H19FN2O3/c1-3-4-5-8-17(2)14(20)16-12-7-6-10(15)9-11(12)13(18)19/h6-7,9H,3-5,8H2,1-2H3,(H,16,20)(H,18,19). The Morgan fingerprint density at radius 2 is 2.05 bits per heavy atom. The molecule has 0 aliphatic rings. The Morgan fingerprint density at radius 3 is 2.65 bits per heavy atom. The topological polar surface area (TPSA) is 69.6 Å². The molecule has 6 heteroatoms. The quantitative estimate of drug-likeness (QED) is 0.787. The molecule has 0 radical (unpaired) electrons. The molecular weight excluding hydrogens is 263 g/mol. The number of nitrogens with zero attached hydrogens (tertiary/aromatic N) is 1. The second kappa shape index (κ2) is 7.47. The van der Waals surface area contributed by atoms with Gasteiger partial charge in [-0.3, -0.25) is 0 Å². The smallest absolute Gasteiger partial charge is 0.337 e. The van der Waals surface area contributed by atoms with Gasteiger partial charge < -0.3 is 15.3 Å². The molecule has 20 heavy (non-hydrogen) atoms. The third-order valence-electron chi connectivity index (χ3n) is 2.90. The Labute approximate surface area is 117 Å². The minimum Gasteiger partial charge on any atom is -0.478 e. The molecule has 0 heterocycles. The van der Waals surface area contributed by atoms with Gasteiger partial charge in [-0.2, -0.15) is 0 Å². The number of hydrogen-bond donors (Lipinski definition) is 2. The average molecular weight is 282 g/mol. The number of amides is 2. The Kier molecular flexibility index (Phi) is 5.96. The van der Waals surface area contributed by atoms with Gasteiger partial charge in [0.05, 0.1) is 11.3 Å². The summed E-state index contributed by atoms with van der Waals surface area (Å²) in [6, 6.07) is 2.83. The van der Waals surface area contributed by atoms with Crippen LogP contribution in [0.25, 0.3) is 0 Å². The fourth-order valence-corrected chi connectivity index (χ4v) is 1.71. The van der Waals surface area contributed by atoms with Crippen LogP contribution in [-0.4, -0.2) is 35.6 Å². The van der Waals surface area contributed by atoms with Gasteiger partial charge in [0.15, 0.2) is 0 Å². The van der Waals surface area contributed by atoms with Crippen molar-refractivity contribution in [3.05, 3.63) is 29.6 Å². The zero-order valence-corrected chi connectivity index (χ0v) is 11.6. The van der Waals surface area contributed by atoms with Gasteiger partial charge >= 0.3 is 12.0 Å². The van der Waals surface area contributed by atoms with Gasteiger partial charge in [-0.05, 0) is 24.6 Å². The van der Waals surface area contributed by atoms with Crippen LogP contribution in [0.5, 0.6) is 0 Å². The van der Waals surface area contributed by atoms with Crippen molar-refractivity contribution < 1.29 is 19.1 Å². The number of carboxylic acids is 1. The molecule has 2 N–H and O–H groups in total. The summed E-state index contributed by atoms with van der Waals surface area (Å²) in [5, 5.41) is 11.5. The zero-order chi connectivity index (χ0) is 15.1. The number of nitrogens with one attached hydrogen (secondary N) is 1. The van der Waals surface area contributed by atoms with Crippen LogP contribution in [0.2, 0.25) is 0 Å². The van der Waals surface area contributed by atoms with E-state index in [1.807, 2.05) is 0 Å². The number of aromatic carboxylic acids is 1. The summed E-state index contributed by atoms with van der Waals surface area (Å²) < 4.78 is 13.0. The zero-order valence-electron chi connectivity index (χ0n) is 11.6. The lowest BCUT2D eigenvalue weighted by Crippen LogP contribution is -2.32. The maximum absolute atomic E-state index is 13.0. The second-order valence-corrected chi connectivity index (χ2v) is 4.55. The number of carboxylic acid groups (broad SMARTS) is 1. The Morgan fingerprint density at radius 1 is 1.35 bits per heavy atom. The minimum absolute atomic E-state index is 0.0891. The van der Waals surface area contributed by atoms with Crippen LogP contribution in [0.3, 0.4) is 0 Å². The molecule has 0 spiro atoms. The molecule has 1 aromatic rings. The van der Waals surface area contributed by atoms with Crippen molar-refractivity contribution in [2.24, 2.45) is 0 Å². The second-order valence-electron chi connectivity index (χ2n) is 4.55. The Hall–Kier alpha value is -2.11. The highest BCUT2D eigenvalue weighted by molar-refractivity contribution is 5.99. The summed E-state index contributed by atoms with van der Waals surface area (Å²) in [5.74, 6) is -1.94. The van der Waals surface area contributed by atoms with Crippen molar-refractivity contribution in [2.75, 3.05) is 18.9 Å². The normalized spacial score (nSPS) is 10.2. The molecule has 5 nitrogen and oxygen atoms in total. The largest absolute Gasteiger partial charge is 0.478 e. The van der Waals surface area contributed by atoms with Gasteiger partial charge in [0.1, 0.15) is 5.82 Å². The van der Waals surface area contributed by atoms with Crippen molar-refractivity contribution in [1.29, 1.82) is 0 Å². The summed E-state index contributed by atoms with van der Waals surface area (Å²) in [6.45, 7) is 2.65. The van der Waals surface area contributed by atoms with Crippen LogP contribution >= 0.6 is 0 Å². The molecule has 0 aliphatic carbocycles. The number of unbranched alkanes of at least 4 members (excludes halogenated alkanes) is 2. The van der Waals surface area contributed by atoms with E-state index in [-0.39, 0.29) is 11.3 Å². The van der Waals surface area contributed by atoms with Gasteiger partial charge in [-0.15, -0.1) is 0 Å². The summed E-state index contributed by atoms with van der Waals surface area (Å²) in [6.07, 6.45) is 2.96. The van der Waals surface area contributed by atoms with Crippen molar-refractivity contribution in [2.45, 2.75) is 26.2 Å². The molecule has 0 saturated heterocycles. The van der Waals surface area contributed by atoms with E-state index in [1.54, 1.807) is 7.05 Å². The lowest BCUT2D eigenvalue weighted by Gasteiger charge is -2.18. The third-order valence-corrected chi connectivity index (χ3v) is 2.90. The summed E-state index contributed by atoms with van der Waals surface area (Å²) >= 11 is 0. The van der Waals surface area contributed by atoms with Crippen molar-refractivity contribution >= 4 is 17.7 Å². The lowest BCUT2D eigenvalue weighted by molar-refractivity contribution is 0.0697. The molecule has 0 saturated carbocycles. The SMILES string of the molecule is CCCCCN(C)C(=O)Nc1ccc(F)cc1C(=O)O. The fraction of sp³-hybridized carbons (Fsp3) is 0.429. The van der Waals surface area contributed by atoms with E-state index in [4.69, 9.17) is 5.11 Å². The first kappa shape index (κ1) is 15.9. The minimum atomic E-state index is -1.28. The highest BCUT2D eigenvalue weighted by atomic mass is 19.1. The van der Waals surface area contributed by atoms with Crippen molar-refractivity contribution in [3.8, 4) is 0 Å². The van der Waals surface area contributed by atoms with Crippen LogP contribution in [0.4, 0.5) is 14.9 Å². The summed E-state index contributed by atoms with van der Waals surface area (Å²) in [4.78, 5) is 24.4. The van der Waals surface area contributed by atoms with Gasteiger partial charge in [0, 0.05) is 13.6 Å². The number of halogens is 1. The molecule has 0 aliphatic heterocycles. The van der Waals surface area contributed by atoms with E-state index in [1.165, 1.54) is 11.0 Å². The van der Waals surface area contributed by atoms with E-state index >= 15 is 0 Å². The van der Waals surface area contributed by atoms with Gasteiger partial charge in [-0.25, -0.2) is 14.0 Å². The fourth-order valence-electron chi connectivity index (χ4n) is 1.71. The van der Waals surface area contributed by atoms with E-state index in [0.717, 1.165) is 31.4 Å². The monoisotopic (exact) mass is 282 g/mol. The van der Waals surface area contributed by atoms with E-state index in [0.29, 0.717) is 6.54 Å². The molecule has 1 aromatic carbocycles. The van der Waals surface area contributed by atoms with Crippen LogP contribution in [0, 0.1) is 5.82 Å². The highest BCUT2D eigenvalue weighted by Crippen LogP contribution is 2.17. The number of rotatable bonds is 6. The van der Waals surface area contributed by atoms with Gasteiger partial charge in [0.25, 0.3) is 0 Å². The molecule has 0 aromatic heterocycles. The lowest BCUT2D eigenvalue weighted by atomic mass is 10.1. The predicted molar refractivity (Wildman–Crippen MR) is 74.5 cm³/mol. The molecular formula is C14H19FN2O3. The highest BCUT2D eigenvalue weighted by Gasteiger charge is 2.15. The van der Waals surface area contributed by atoms with E-state index in [9.17, 15) is 14.0 Å². The molecule has 0 atom stereocenters. The van der Waals surface area contributed by atoms with Crippen molar-refractivity contribution in [3.63, 3.8) is 0 Å². The number of carbonyl (C=O) groups is 2. The average Bonchev–Trinajstić information content (AvgIpc) is 2.40. The van der Waals surface area contributed by atoms with Gasteiger partial charge in [-0.1, -0.05) is 19.8 Å². The molecule has 2 amide bonds. The van der Waals surface area contributed by atoms with E-state index in [2.05, 4.69) is 12.2 Å². The van der Waals surface area contributed by atoms with Crippen LogP contribution in [0.1, 0.15) is 36.5 Å². The molecule has 0 unspecified atom stereocenters. The number of anilines is 1.